The second-order valence-corrected chi connectivity index (χ2v) is 4.21. The van der Waals surface area contributed by atoms with Crippen molar-refractivity contribution in [3.8, 4) is 0 Å². The Morgan fingerprint density at radius 2 is 1.89 bits per heavy atom. The van der Waals surface area contributed by atoms with E-state index in [0.29, 0.717) is 17.6 Å². The highest BCUT2D eigenvalue weighted by Gasteiger charge is 2.08. The molecule has 0 aliphatic rings. The topological polar surface area (TPSA) is 70.7 Å². The number of aromatic nitrogens is 3. The number of amides is 1. The third-order valence-electron chi connectivity index (χ3n) is 2.83. The van der Waals surface area contributed by atoms with Gasteiger partial charge in [-0.15, -0.1) is 0 Å². The molecule has 1 aromatic heterocycles. The minimum atomic E-state index is -0.0679. The van der Waals surface area contributed by atoms with E-state index in [1.54, 1.807) is 0 Å². The lowest BCUT2D eigenvalue weighted by molar-refractivity contribution is -0.115. The normalized spacial score (nSPS) is 10.5. The Morgan fingerprint density at radius 1 is 1.05 bits per heavy atom. The number of rotatable bonds is 3. The predicted octanol–water partition coefficient (Wildman–Crippen LogP) is 2.14. The summed E-state index contributed by atoms with van der Waals surface area (Å²) in [6.07, 6.45) is 0.342. The summed E-state index contributed by atoms with van der Waals surface area (Å²) in [5, 5.41) is 13.4. The molecule has 2 aromatic carbocycles. The first-order valence-corrected chi connectivity index (χ1v) is 5.96. The summed E-state index contributed by atoms with van der Waals surface area (Å²) >= 11 is 0. The Kier molecular flexibility index (Phi) is 2.94. The van der Waals surface area contributed by atoms with Crippen LogP contribution < -0.4 is 5.32 Å². The lowest BCUT2D eigenvalue weighted by Crippen LogP contribution is -2.14. The summed E-state index contributed by atoms with van der Waals surface area (Å²) in [6, 6.07) is 15.1. The predicted molar refractivity (Wildman–Crippen MR) is 72.7 cm³/mol. The zero-order valence-electron chi connectivity index (χ0n) is 10.1. The van der Waals surface area contributed by atoms with E-state index >= 15 is 0 Å². The number of nitrogens with one attached hydrogen (secondary N) is 2. The second kappa shape index (κ2) is 4.89. The Hall–Kier alpha value is -2.69. The highest BCUT2D eigenvalue weighted by molar-refractivity contribution is 5.99. The number of hydrogen-bond acceptors (Lipinski definition) is 3. The van der Waals surface area contributed by atoms with Crippen molar-refractivity contribution in [2.24, 2.45) is 0 Å². The molecule has 0 saturated carbocycles. The van der Waals surface area contributed by atoms with Crippen LogP contribution in [0.5, 0.6) is 0 Å². The molecular formula is C14H12N4O. The van der Waals surface area contributed by atoms with E-state index in [9.17, 15) is 4.79 Å². The van der Waals surface area contributed by atoms with Gasteiger partial charge in [-0.05, 0) is 17.7 Å². The van der Waals surface area contributed by atoms with Crippen LogP contribution in [0.2, 0.25) is 0 Å². The molecule has 94 valence electrons. The molecule has 3 aromatic rings. The highest BCUT2D eigenvalue weighted by atomic mass is 16.1. The van der Waals surface area contributed by atoms with Crippen molar-refractivity contribution < 1.29 is 4.79 Å². The fourth-order valence-electron chi connectivity index (χ4n) is 1.94. The number of fused-ring (bicyclic) bond motifs is 1. The number of para-hydroxylation sites is 1. The quantitative estimate of drug-likeness (QED) is 0.750. The van der Waals surface area contributed by atoms with E-state index in [4.69, 9.17) is 0 Å². The minimum Gasteiger partial charge on any atom is -0.324 e. The van der Waals surface area contributed by atoms with Crippen LogP contribution in [0.25, 0.3) is 11.0 Å². The van der Waals surface area contributed by atoms with Gasteiger partial charge < -0.3 is 5.32 Å². The Morgan fingerprint density at radius 3 is 2.74 bits per heavy atom. The molecule has 5 heteroatoms. The van der Waals surface area contributed by atoms with Gasteiger partial charge in [-0.3, -0.25) is 4.79 Å². The number of carbonyl (C=O) groups excluding carboxylic acids is 1. The molecule has 0 saturated heterocycles. The first kappa shape index (κ1) is 11.4. The van der Waals surface area contributed by atoms with Crippen molar-refractivity contribution >= 4 is 22.6 Å². The van der Waals surface area contributed by atoms with Crippen molar-refractivity contribution in [1.29, 1.82) is 0 Å². The molecule has 3 rings (SSSR count). The maximum Gasteiger partial charge on any atom is 0.228 e. The monoisotopic (exact) mass is 252 g/mol. The van der Waals surface area contributed by atoms with Crippen LogP contribution in [0, 0.1) is 0 Å². The van der Waals surface area contributed by atoms with Crippen molar-refractivity contribution in [3.63, 3.8) is 0 Å². The van der Waals surface area contributed by atoms with Gasteiger partial charge in [-0.1, -0.05) is 36.4 Å². The largest absolute Gasteiger partial charge is 0.324 e. The van der Waals surface area contributed by atoms with Crippen molar-refractivity contribution in [1.82, 2.24) is 15.4 Å². The molecule has 0 aliphatic carbocycles. The van der Waals surface area contributed by atoms with Crippen molar-refractivity contribution in [3.05, 3.63) is 54.1 Å². The van der Waals surface area contributed by atoms with E-state index in [0.717, 1.165) is 11.1 Å². The third kappa shape index (κ3) is 2.44. The number of H-pyrrole nitrogens is 1. The van der Waals surface area contributed by atoms with Crippen LogP contribution in [-0.4, -0.2) is 21.3 Å². The summed E-state index contributed by atoms with van der Waals surface area (Å²) < 4.78 is 0. The maximum atomic E-state index is 12.0. The molecule has 2 N–H and O–H groups in total. The number of hydrogen-bond donors (Lipinski definition) is 2. The van der Waals surface area contributed by atoms with Crippen LogP contribution in [0.4, 0.5) is 5.69 Å². The van der Waals surface area contributed by atoms with E-state index in [-0.39, 0.29) is 5.91 Å². The van der Waals surface area contributed by atoms with Crippen LogP contribution in [0.1, 0.15) is 5.56 Å². The fraction of sp³-hybridized carbons (Fsp3) is 0.0714. The van der Waals surface area contributed by atoms with Gasteiger partial charge in [-0.2, -0.15) is 15.4 Å². The van der Waals surface area contributed by atoms with Gasteiger partial charge in [-0.25, -0.2) is 0 Å². The molecule has 0 aliphatic heterocycles. The number of anilines is 1. The summed E-state index contributed by atoms with van der Waals surface area (Å²) in [7, 11) is 0. The third-order valence-corrected chi connectivity index (χ3v) is 2.83. The van der Waals surface area contributed by atoms with Gasteiger partial charge in [0, 0.05) is 0 Å². The molecule has 1 heterocycles. The zero-order chi connectivity index (χ0) is 13.1. The average Bonchev–Trinajstić information content (AvgIpc) is 2.89. The van der Waals surface area contributed by atoms with Crippen LogP contribution in [0.3, 0.4) is 0 Å². The molecule has 0 unspecified atom stereocenters. The average molecular weight is 252 g/mol. The summed E-state index contributed by atoms with van der Waals surface area (Å²) in [4.78, 5) is 12.0. The van der Waals surface area contributed by atoms with Gasteiger partial charge in [0.05, 0.1) is 12.1 Å². The lowest BCUT2D eigenvalue weighted by atomic mass is 10.1. The van der Waals surface area contributed by atoms with Gasteiger partial charge in [0.2, 0.25) is 5.91 Å². The molecule has 0 spiro atoms. The standard InChI is InChI=1S/C14H12N4O/c19-13(9-10-5-2-1-3-6-10)15-11-7-4-8-12-14(11)17-18-16-12/h1-8H,9H2,(H,15,19)(H,16,17,18). The van der Waals surface area contributed by atoms with Crippen LogP contribution in [-0.2, 0) is 11.2 Å². The minimum absolute atomic E-state index is 0.0679. The lowest BCUT2D eigenvalue weighted by Gasteiger charge is -2.05. The number of nitrogens with zero attached hydrogens (tertiary/aromatic N) is 2. The summed E-state index contributed by atoms with van der Waals surface area (Å²) in [5.74, 6) is -0.0679. The molecule has 19 heavy (non-hydrogen) atoms. The summed E-state index contributed by atoms with van der Waals surface area (Å²) in [6.45, 7) is 0. The SMILES string of the molecule is O=C(Cc1ccccc1)Nc1cccc2n[nH]nc12. The number of carbonyl (C=O) groups is 1. The van der Waals surface area contributed by atoms with Crippen LogP contribution >= 0.6 is 0 Å². The molecule has 0 fully saturated rings. The molecule has 0 bridgehead atoms. The Bertz CT molecular complexity index is 706. The van der Waals surface area contributed by atoms with E-state index < -0.39 is 0 Å². The first-order valence-electron chi connectivity index (χ1n) is 5.96. The summed E-state index contributed by atoms with van der Waals surface area (Å²) in [5.41, 5.74) is 3.06. The van der Waals surface area contributed by atoms with E-state index in [1.165, 1.54) is 0 Å². The fourth-order valence-corrected chi connectivity index (χ4v) is 1.94. The van der Waals surface area contributed by atoms with E-state index in [2.05, 4.69) is 20.7 Å². The molecule has 0 radical (unpaired) electrons. The number of aromatic amines is 1. The highest BCUT2D eigenvalue weighted by Crippen LogP contribution is 2.18. The van der Waals surface area contributed by atoms with Crippen LogP contribution in [0.15, 0.2) is 48.5 Å². The Balaban J connectivity index is 1.78. The van der Waals surface area contributed by atoms with Crippen molar-refractivity contribution in [2.45, 2.75) is 6.42 Å². The number of benzene rings is 2. The second-order valence-electron chi connectivity index (χ2n) is 4.21. The molecule has 1 amide bonds. The smallest absolute Gasteiger partial charge is 0.228 e. The molecule has 5 nitrogen and oxygen atoms in total. The van der Waals surface area contributed by atoms with Gasteiger partial charge in [0.1, 0.15) is 11.0 Å². The maximum absolute atomic E-state index is 12.0. The molecular weight excluding hydrogens is 240 g/mol. The van der Waals surface area contributed by atoms with E-state index in [1.807, 2.05) is 48.5 Å². The Labute approximate surface area is 109 Å². The first-order chi connectivity index (χ1) is 9.33. The van der Waals surface area contributed by atoms with Crippen molar-refractivity contribution in [2.75, 3.05) is 5.32 Å². The van der Waals surface area contributed by atoms with Gasteiger partial charge in [0.25, 0.3) is 0 Å². The van der Waals surface area contributed by atoms with Gasteiger partial charge >= 0.3 is 0 Å². The zero-order valence-corrected chi connectivity index (χ0v) is 10.1. The van der Waals surface area contributed by atoms with Gasteiger partial charge in [0.15, 0.2) is 0 Å². The molecule has 0 atom stereocenters.